The van der Waals surface area contributed by atoms with Crippen molar-refractivity contribution in [2.75, 3.05) is 25.3 Å². The number of aromatic nitrogens is 3. The van der Waals surface area contributed by atoms with E-state index in [1.165, 1.54) is 17.8 Å². The SMILES string of the molecule is COc1ccc(/C=C/C(=O)NCc2nnc(SCC(=O)Nc3ccc(C)c(Cl)c3)n2C)cc1OC. The molecule has 0 unspecified atom stereocenters. The van der Waals surface area contributed by atoms with Crippen molar-refractivity contribution in [1.29, 1.82) is 0 Å². The number of nitrogens with one attached hydrogen (secondary N) is 2. The molecule has 0 fully saturated rings. The van der Waals surface area contributed by atoms with Crippen LogP contribution in [0.1, 0.15) is 17.0 Å². The summed E-state index contributed by atoms with van der Waals surface area (Å²) >= 11 is 7.34. The number of ether oxygens (including phenoxy) is 2. The zero-order chi connectivity index (χ0) is 25.4. The third-order valence-electron chi connectivity index (χ3n) is 4.97. The molecule has 35 heavy (non-hydrogen) atoms. The quantitative estimate of drug-likeness (QED) is 0.312. The fourth-order valence-corrected chi connectivity index (χ4v) is 3.89. The Balaban J connectivity index is 1.49. The molecule has 11 heteroatoms. The monoisotopic (exact) mass is 515 g/mol. The van der Waals surface area contributed by atoms with Gasteiger partial charge in [-0.3, -0.25) is 9.59 Å². The summed E-state index contributed by atoms with van der Waals surface area (Å²) in [4.78, 5) is 24.5. The number of aryl methyl sites for hydroxylation is 1. The van der Waals surface area contributed by atoms with E-state index in [9.17, 15) is 9.59 Å². The lowest BCUT2D eigenvalue weighted by atomic mass is 10.2. The van der Waals surface area contributed by atoms with Crippen LogP contribution >= 0.6 is 23.4 Å². The Bertz CT molecular complexity index is 1240. The van der Waals surface area contributed by atoms with Gasteiger partial charge in [0, 0.05) is 23.8 Å². The Hall–Kier alpha value is -3.50. The van der Waals surface area contributed by atoms with Crippen LogP contribution in [0.3, 0.4) is 0 Å². The molecule has 0 atom stereocenters. The lowest BCUT2D eigenvalue weighted by Gasteiger charge is -2.08. The minimum atomic E-state index is -0.284. The molecule has 9 nitrogen and oxygen atoms in total. The highest BCUT2D eigenvalue weighted by Crippen LogP contribution is 2.28. The van der Waals surface area contributed by atoms with Crippen LogP contribution in [0.25, 0.3) is 6.08 Å². The van der Waals surface area contributed by atoms with Crippen molar-refractivity contribution in [3.05, 3.63) is 64.4 Å². The topological polar surface area (TPSA) is 107 Å². The van der Waals surface area contributed by atoms with E-state index in [0.717, 1.165) is 11.1 Å². The second kappa shape index (κ2) is 12.3. The Morgan fingerprint density at radius 2 is 1.89 bits per heavy atom. The molecule has 0 saturated heterocycles. The van der Waals surface area contributed by atoms with Gasteiger partial charge in [-0.1, -0.05) is 35.5 Å². The number of thioether (sulfide) groups is 1. The van der Waals surface area contributed by atoms with Crippen molar-refractivity contribution in [2.45, 2.75) is 18.6 Å². The van der Waals surface area contributed by atoms with Gasteiger partial charge in [-0.15, -0.1) is 10.2 Å². The third kappa shape index (κ3) is 7.24. The maximum absolute atomic E-state index is 12.3. The summed E-state index contributed by atoms with van der Waals surface area (Å²) in [7, 11) is 4.90. The van der Waals surface area contributed by atoms with Gasteiger partial charge in [0.05, 0.1) is 26.5 Å². The number of amides is 2. The van der Waals surface area contributed by atoms with Gasteiger partial charge >= 0.3 is 0 Å². The molecule has 0 aliphatic carbocycles. The molecule has 3 aromatic rings. The summed E-state index contributed by atoms with van der Waals surface area (Å²) in [6.45, 7) is 2.08. The first-order valence-electron chi connectivity index (χ1n) is 10.6. The predicted molar refractivity (Wildman–Crippen MR) is 137 cm³/mol. The van der Waals surface area contributed by atoms with Gasteiger partial charge in [-0.05, 0) is 48.4 Å². The highest BCUT2D eigenvalue weighted by atomic mass is 35.5. The van der Waals surface area contributed by atoms with E-state index >= 15 is 0 Å². The fourth-order valence-electron chi connectivity index (χ4n) is 2.98. The molecule has 3 rings (SSSR count). The summed E-state index contributed by atoms with van der Waals surface area (Å²) < 4.78 is 12.2. The van der Waals surface area contributed by atoms with E-state index in [-0.39, 0.29) is 24.1 Å². The number of halogens is 1. The summed E-state index contributed by atoms with van der Waals surface area (Å²) in [5, 5.41) is 14.9. The Kier molecular flexibility index (Phi) is 9.16. The zero-order valence-electron chi connectivity index (χ0n) is 19.8. The molecule has 2 N–H and O–H groups in total. The molecule has 1 heterocycles. The van der Waals surface area contributed by atoms with Crippen LogP contribution in [0.15, 0.2) is 47.6 Å². The smallest absolute Gasteiger partial charge is 0.244 e. The highest BCUT2D eigenvalue weighted by molar-refractivity contribution is 7.99. The molecular formula is C24H26ClN5O4S. The van der Waals surface area contributed by atoms with Crippen molar-refractivity contribution in [2.24, 2.45) is 7.05 Å². The van der Waals surface area contributed by atoms with Gasteiger partial charge in [0.15, 0.2) is 22.5 Å². The highest BCUT2D eigenvalue weighted by Gasteiger charge is 2.12. The van der Waals surface area contributed by atoms with Crippen molar-refractivity contribution < 1.29 is 19.1 Å². The lowest BCUT2D eigenvalue weighted by molar-refractivity contribution is -0.116. The Labute approximate surface area is 212 Å². The number of hydrogen-bond acceptors (Lipinski definition) is 7. The van der Waals surface area contributed by atoms with Crippen molar-refractivity contribution in [3.8, 4) is 11.5 Å². The second-order valence-corrected chi connectivity index (χ2v) is 8.77. The van der Waals surface area contributed by atoms with Crippen LogP contribution in [-0.2, 0) is 23.2 Å². The fraction of sp³-hybridized carbons (Fsp3) is 0.250. The van der Waals surface area contributed by atoms with E-state index < -0.39 is 0 Å². The van der Waals surface area contributed by atoms with Crippen LogP contribution in [0.4, 0.5) is 5.69 Å². The molecule has 0 saturated carbocycles. The molecule has 2 aromatic carbocycles. The number of benzene rings is 2. The third-order valence-corrected chi connectivity index (χ3v) is 6.40. The minimum Gasteiger partial charge on any atom is -0.493 e. The molecule has 1 aromatic heterocycles. The molecule has 184 valence electrons. The molecule has 0 aliphatic heterocycles. The summed E-state index contributed by atoms with van der Waals surface area (Å²) in [6, 6.07) is 10.7. The van der Waals surface area contributed by atoms with E-state index in [0.29, 0.717) is 33.2 Å². The Morgan fingerprint density at radius 1 is 1.11 bits per heavy atom. The van der Waals surface area contributed by atoms with Gasteiger partial charge < -0.3 is 24.7 Å². The van der Waals surface area contributed by atoms with Crippen LogP contribution < -0.4 is 20.1 Å². The summed E-state index contributed by atoms with van der Waals surface area (Å²) in [6.07, 6.45) is 3.10. The van der Waals surface area contributed by atoms with Gasteiger partial charge in [-0.25, -0.2) is 0 Å². The Morgan fingerprint density at radius 3 is 2.60 bits per heavy atom. The molecule has 0 bridgehead atoms. The van der Waals surface area contributed by atoms with Gasteiger partial charge in [0.1, 0.15) is 0 Å². The largest absolute Gasteiger partial charge is 0.493 e. The number of carbonyl (C=O) groups is 2. The average molecular weight is 516 g/mol. The second-order valence-electron chi connectivity index (χ2n) is 7.42. The van der Waals surface area contributed by atoms with E-state index in [1.54, 1.807) is 56.2 Å². The maximum Gasteiger partial charge on any atom is 0.244 e. The first kappa shape index (κ1) is 26.1. The maximum atomic E-state index is 12.3. The predicted octanol–water partition coefficient (Wildman–Crippen LogP) is 3.85. The van der Waals surface area contributed by atoms with Gasteiger partial charge in [-0.2, -0.15) is 0 Å². The van der Waals surface area contributed by atoms with Crippen molar-refractivity contribution in [1.82, 2.24) is 20.1 Å². The summed E-state index contributed by atoms with van der Waals surface area (Å²) in [5.41, 5.74) is 2.37. The van der Waals surface area contributed by atoms with Gasteiger partial charge in [0.25, 0.3) is 0 Å². The van der Waals surface area contributed by atoms with Crippen LogP contribution in [0.5, 0.6) is 11.5 Å². The van der Waals surface area contributed by atoms with Crippen molar-refractivity contribution >= 4 is 46.9 Å². The number of carbonyl (C=O) groups excluding carboxylic acids is 2. The number of nitrogens with zero attached hydrogens (tertiary/aromatic N) is 3. The van der Waals surface area contributed by atoms with E-state index in [2.05, 4.69) is 20.8 Å². The number of methoxy groups -OCH3 is 2. The number of hydrogen-bond donors (Lipinski definition) is 2. The van der Waals surface area contributed by atoms with E-state index in [1.807, 2.05) is 19.1 Å². The molecule has 0 spiro atoms. The van der Waals surface area contributed by atoms with E-state index in [4.69, 9.17) is 21.1 Å². The van der Waals surface area contributed by atoms with Crippen LogP contribution in [0.2, 0.25) is 5.02 Å². The van der Waals surface area contributed by atoms with Crippen LogP contribution in [-0.4, -0.2) is 46.6 Å². The summed E-state index contributed by atoms with van der Waals surface area (Å²) in [5.74, 6) is 1.43. The molecule has 0 radical (unpaired) electrons. The molecule has 2 amide bonds. The minimum absolute atomic E-state index is 0.151. The number of anilines is 1. The first-order chi connectivity index (χ1) is 16.8. The van der Waals surface area contributed by atoms with Crippen molar-refractivity contribution in [3.63, 3.8) is 0 Å². The normalized spacial score (nSPS) is 10.9. The first-order valence-corrected chi connectivity index (χ1v) is 11.9. The molecule has 0 aliphatic rings. The van der Waals surface area contributed by atoms with Crippen LogP contribution in [0, 0.1) is 6.92 Å². The average Bonchev–Trinajstić information content (AvgIpc) is 3.21. The number of rotatable bonds is 10. The standard InChI is InChI=1S/C24H26ClN5O4S/c1-15-5-8-17(12-18(15)25)27-23(32)14-35-24-29-28-21(30(24)2)13-26-22(31)10-7-16-6-9-19(33-3)20(11-16)34-4/h5-12H,13-14H2,1-4H3,(H,26,31)(H,27,32)/b10-7+. The molecular weight excluding hydrogens is 490 g/mol. The lowest BCUT2D eigenvalue weighted by Crippen LogP contribution is -2.22. The zero-order valence-corrected chi connectivity index (χ0v) is 21.4. The van der Waals surface area contributed by atoms with Gasteiger partial charge in [0.2, 0.25) is 11.8 Å².